The summed E-state index contributed by atoms with van der Waals surface area (Å²) in [7, 11) is 0. The van der Waals surface area contributed by atoms with Crippen LogP contribution in [-0.2, 0) is 6.54 Å². The molecule has 1 aromatic heterocycles. The molecule has 0 fully saturated rings. The van der Waals surface area contributed by atoms with Gasteiger partial charge in [0, 0.05) is 23.4 Å². The van der Waals surface area contributed by atoms with E-state index in [1.807, 2.05) is 36.4 Å². The number of carbonyl (C=O) groups excluding carboxylic acids is 1. The first-order valence-corrected chi connectivity index (χ1v) is 7.32. The number of halogens is 1. The number of aromatic nitrogens is 1. The van der Waals surface area contributed by atoms with Gasteiger partial charge in [-0.25, -0.2) is 4.79 Å². The second-order valence-electron chi connectivity index (χ2n) is 4.27. The average Bonchev–Trinajstić information content (AvgIpc) is 2.51. The Labute approximate surface area is 131 Å². The van der Waals surface area contributed by atoms with Crippen molar-refractivity contribution < 1.29 is 9.53 Å². The molecule has 2 aromatic rings. The topological polar surface area (TPSA) is 63.2 Å². The number of rotatable bonds is 6. The van der Waals surface area contributed by atoms with Crippen molar-refractivity contribution in [3.05, 3.63) is 58.8 Å². The van der Waals surface area contributed by atoms with E-state index in [1.54, 1.807) is 12.4 Å². The van der Waals surface area contributed by atoms with Crippen LogP contribution in [0.2, 0.25) is 0 Å². The van der Waals surface area contributed by atoms with Gasteiger partial charge in [-0.15, -0.1) is 0 Å². The maximum atomic E-state index is 11.6. The third-order valence-corrected chi connectivity index (χ3v) is 3.15. The van der Waals surface area contributed by atoms with Gasteiger partial charge < -0.3 is 15.4 Å². The maximum Gasteiger partial charge on any atom is 0.315 e. The van der Waals surface area contributed by atoms with Crippen molar-refractivity contribution in [3.8, 4) is 5.75 Å². The van der Waals surface area contributed by atoms with Gasteiger partial charge in [-0.05, 0) is 35.9 Å². The summed E-state index contributed by atoms with van der Waals surface area (Å²) in [5.41, 5.74) is 1.01. The molecule has 110 valence electrons. The van der Waals surface area contributed by atoms with E-state index in [9.17, 15) is 4.79 Å². The van der Waals surface area contributed by atoms with Gasteiger partial charge in [-0.1, -0.05) is 22.0 Å². The molecule has 6 heteroatoms. The van der Waals surface area contributed by atoms with E-state index in [-0.39, 0.29) is 6.03 Å². The molecule has 21 heavy (non-hydrogen) atoms. The van der Waals surface area contributed by atoms with Crippen molar-refractivity contribution in [1.82, 2.24) is 15.6 Å². The Bertz CT molecular complexity index is 578. The number of nitrogens with one attached hydrogen (secondary N) is 2. The average molecular weight is 350 g/mol. The predicted octanol–water partition coefficient (Wildman–Crippen LogP) is 2.72. The minimum absolute atomic E-state index is 0.218. The highest BCUT2D eigenvalue weighted by Gasteiger charge is 2.00. The molecule has 0 aliphatic rings. The van der Waals surface area contributed by atoms with Crippen LogP contribution in [0.5, 0.6) is 5.75 Å². The Morgan fingerprint density at radius 1 is 1.19 bits per heavy atom. The van der Waals surface area contributed by atoms with Crippen LogP contribution in [0.3, 0.4) is 0 Å². The zero-order chi connectivity index (χ0) is 14.9. The number of urea groups is 1. The van der Waals surface area contributed by atoms with Gasteiger partial charge in [0.15, 0.2) is 0 Å². The molecule has 0 saturated heterocycles. The molecule has 0 atom stereocenters. The number of amides is 2. The summed E-state index contributed by atoms with van der Waals surface area (Å²) in [6.45, 7) is 1.33. The van der Waals surface area contributed by atoms with Gasteiger partial charge in [0.2, 0.25) is 0 Å². The van der Waals surface area contributed by atoms with E-state index < -0.39 is 0 Å². The fourth-order valence-electron chi connectivity index (χ4n) is 1.64. The molecule has 0 spiro atoms. The molecule has 0 aliphatic heterocycles. The zero-order valence-corrected chi connectivity index (χ0v) is 13.0. The smallest absolute Gasteiger partial charge is 0.315 e. The van der Waals surface area contributed by atoms with Crippen LogP contribution in [0.1, 0.15) is 5.56 Å². The van der Waals surface area contributed by atoms with Crippen LogP contribution < -0.4 is 15.4 Å². The third kappa shape index (κ3) is 5.83. The van der Waals surface area contributed by atoms with Crippen molar-refractivity contribution in [3.63, 3.8) is 0 Å². The first-order valence-electron chi connectivity index (χ1n) is 6.53. The lowest BCUT2D eigenvalue weighted by Gasteiger charge is -2.09. The second kappa shape index (κ2) is 8.26. The molecule has 1 heterocycles. The number of hydrogen-bond donors (Lipinski definition) is 2. The first-order chi connectivity index (χ1) is 10.2. The van der Waals surface area contributed by atoms with Crippen molar-refractivity contribution >= 4 is 22.0 Å². The highest BCUT2D eigenvalue weighted by Crippen LogP contribution is 2.17. The van der Waals surface area contributed by atoms with Crippen LogP contribution in [0.4, 0.5) is 4.79 Å². The highest BCUT2D eigenvalue weighted by atomic mass is 79.9. The standard InChI is InChI=1S/C15H16BrN3O2/c16-13-2-1-3-14(10-13)21-9-8-18-15(20)19-11-12-4-6-17-7-5-12/h1-7,10H,8-9,11H2,(H2,18,19,20). The first kappa shape index (κ1) is 15.3. The van der Waals surface area contributed by atoms with Gasteiger partial charge in [-0.3, -0.25) is 4.98 Å². The maximum absolute atomic E-state index is 11.6. The molecule has 5 nitrogen and oxygen atoms in total. The number of pyridine rings is 1. The summed E-state index contributed by atoms with van der Waals surface area (Å²) in [5.74, 6) is 0.767. The van der Waals surface area contributed by atoms with Crippen molar-refractivity contribution in [2.24, 2.45) is 0 Å². The highest BCUT2D eigenvalue weighted by molar-refractivity contribution is 9.10. The Balaban J connectivity index is 1.61. The minimum Gasteiger partial charge on any atom is -0.492 e. The summed E-state index contributed by atoms with van der Waals surface area (Å²) in [6, 6.07) is 11.1. The summed E-state index contributed by atoms with van der Waals surface area (Å²) in [6.07, 6.45) is 3.39. The summed E-state index contributed by atoms with van der Waals surface area (Å²) in [4.78, 5) is 15.5. The lowest BCUT2D eigenvalue weighted by atomic mass is 10.3. The van der Waals surface area contributed by atoms with E-state index in [1.165, 1.54) is 0 Å². The lowest BCUT2D eigenvalue weighted by Crippen LogP contribution is -2.37. The number of nitrogens with zero attached hydrogens (tertiary/aromatic N) is 1. The number of carbonyl (C=O) groups is 1. The molecule has 1 aromatic carbocycles. The zero-order valence-electron chi connectivity index (χ0n) is 11.4. The number of hydrogen-bond acceptors (Lipinski definition) is 3. The van der Waals surface area contributed by atoms with Crippen LogP contribution in [0.15, 0.2) is 53.3 Å². The number of benzene rings is 1. The molecule has 0 unspecified atom stereocenters. The van der Waals surface area contributed by atoms with Crippen LogP contribution >= 0.6 is 15.9 Å². The van der Waals surface area contributed by atoms with Gasteiger partial charge in [0.1, 0.15) is 12.4 Å². The fraction of sp³-hybridized carbons (Fsp3) is 0.200. The molecular weight excluding hydrogens is 334 g/mol. The van der Waals surface area contributed by atoms with Crippen molar-refractivity contribution in [1.29, 1.82) is 0 Å². The van der Waals surface area contributed by atoms with Crippen LogP contribution in [0.25, 0.3) is 0 Å². The quantitative estimate of drug-likeness (QED) is 0.788. The van der Waals surface area contributed by atoms with Gasteiger partial charge in [0.05, 0.1) is 6.54 Å². The van der Waals surface area contributed by atoms with E-state index in [2.05, 4.69) is 31.5 Å². The van der Waals surface area contributed by atoms with Crippen molar-refractivity contribution in [2.45, 2.75) is 6.54 Å². The minimum atomic E-state index is -0.218. The number of ether oxygens (including phenoxy) is 1. The monoisotopic (exact) mass is 349 g/mol. The second-order valence-corrected chi connectivity index (χ2v) is 5.19. The fourth-order valence-corrected chi connectivity index (χ4v) is 2.01. The van der Waals surface area contributed by atoms with Crippen molar-refractivity contribution in [2.75, 3.05) is 13.2 Å². The van der Waals surface area contributed by atoms with Gasteiger partial charge in [-0.2, -0.15) is 0 Å². The lowest BCUT2D eigenvalue weighted by molar-refractivity contribution is 0.236. The molecule has 2 amide bonds. The molecule has 0 bridgehead atoms. The molecule has 2 N–H and O–H groups in total. The third-order valence-electron chi connectivity index (χ3n) is 2.65. The van der Waals surface area contributed by atoms with E-state index in [0.717, 1.165) is 15.8 Å². The van der Waals surface area contributed by atoms with E-state index in [4.69, 9.17) is 4.74 Å². The van der Waals surface area contributed by atoms with Gasteiger partial charge >= 0.3 is 6.03 Å². The molecule has 0 saturated carbocycles. The summed E-state index contributed by atoms with van der Waals surface area (Å²) in [5, 5.41) is 5.50. The Hall–Kier alpha value is -2.08. The summed E-state index contributed by atoms with van der Waals surface area (Å²) >= 11 is 3.37. The Morgan fingerprint density at radius 2 is 2.00 bits per heavy atom. The van der Waals surface area contributed by atoms with E-state index in [0.29, 0.717) is 19.7 Å². The predicted molar refractivity (Wildman–Crippen MR) is 84.1 cm³/mol. The summed E-state index contributed by atoms with van der Waals surface area (Å²) < 4.78 is 6.48. The Kier molecular flexibility index (Phi) is 6.02. The SMILES string of the molecule is O=C(NCCOc1cccc(Br)c1)NCc1ccncc1. The Morgan fingerprint density at radius 3 is 2.76 bits per heavy atom. The normalized spacial score (nSPS) is 9.95. The molecular formula is C15H16BrN3O2. The van der Waals surface area contributed by atoms with Crippen LogP contribution in [-0.4, -0.2) is 24.2 Å². The van der Waals surface area contributed by atoms with Crippen LogP contribution in [0, 0.1) is 0 Å². The largest absolute Gasteiger partial charge is 0.492 e. The van der Waals surface area contributed by atoms with Gasteiger partial charge in [0.25, 0.3) is 0 Å². The molecule has 0 radical (unpaired) electrons. The van der Waals surface area contributed by atoms with E-state index >= 15 is 0 Å². The molecule has 0 aliphatic carbocycles. The molecule has 2 rings (SSSR count).